The maximum Gasteiger partial charge on any atom is 0.0945 e. The van der Waals surface area contributed by atoms with Crippen LogP contribution in [-0.4, -0.2) is 21.3 Å². The van der Waals surface area contributed by atoms with E-state index in [9.17, 15) is 0 Å². The minimum atomic E-state index is 0.0137. The molecule has 0 aliphatic heterocycles. The lowest BCUT2D eigenvalue weighted by Gasteiger charge is -2.18. The Kier molecular flexibility index (Phi) is 4.96. The molecule has 1 N–H and O–H groups in total. The lowest BCUT2D eigenvalue weighted by molar-refractivity contribution is 0.523. The van der Waals surface area contributed by atoms with E-state index in [1.54, 1.807) is 17.5 Å². The minimum Gasteiger partial charge on any atom is -0.304 e. The highest BCUT2D eigenvalue weighted by atomic mass is 35.5. The number of nitrogens with zero attached hydrogens (tertiary/aromatic N) is 3. The van der Waals surface area contributed by atoms with Gasteiger partial charge in [0.2, 0.25) is 0 Å². The van der Waals surface area contributed by atoms with E-state index in [1.165, 1.54) is 0 Å². The second-order valence-corrected chi connectivity index (χ2v) is 5.84. The summed E-state index contributed by atoms with van der Waals surface area (Å²) in [6, 6.07) is 0.0137. The fourth-order valence-electron chi connectivity index (χ4n) is 2.05. The molecular formula is C13H19ClN4S. The average Bonchev–Trinajstić information content (AvgIpc) is 2.98. The van der Waals surface area contributed by atoms with Gasteiger partial charge in [-0.1, -0.05) is 18.5 Å². The summed E-state index contributed by atoms with van der Waals surface area (Å²) in [6.07, 6.45) is 2.78. The molecule has 2 aromatic heterocycles. The number of thiazole rings is 1. The van der Waals surface area contributed by atoms with Crippen molar-refractivity contribution in [3.63, 3.8) is 0 Å². The topological polar surface area (TPSA) is 42.7 Å². The van der Waals surface area contributed by atoms with Crippen molar-refractivity contribution < 1.29 is 0 Å². The van der Waals surface area contributed by atoms with Crippen LogP contribution in [0.15, 0.2) is 11.6 Å². The van der Waals surface area contributed by atoms with E-state index in [1.807, 2.05) is 11.6 Å². The largest absolute Gasteiger partial charge is 0.304 e. The Bertz CT molecular complexity index is 534. The van der Waals surface area contributed by atoms with Crippen LogP contribution in [0.1, 0.15) is 42.7 Å². The van der Waals surface area contributed by atoms with Gasteiger partial charge in [0.25, 0.3) is 0 Å². The van der Waals surface area contributed by atoms with Gasteiger partial charge in [-0.05, 0) is 26.8 Å². The first-order chi connectivity index (χ1) is 9.17. The predicted octanol–water partition coefficient (Wildman–Crippen LogP) is 3.41. The van der Waals surface area contributed by atoms with Crippen LogP contribution in [-0.2, 0) is 6.54 Å². The van der Waals surface area contributed by atoms with Crippen LogP contribution in [0.2, 0.25) is 5.02 Å². The van der Waals surface area contributed by atoms with Crippen LogP contribution in [0.3, 0.4) is 0 Å². The van der Waals surface area contributed by atoms with E-state index in [4.69, 9.17) is 11.6 Å². The third kappa shape index (κ3) is 3.16. The number of nitrogens with one attached hydrogen (secondary N) is 1. The summed E-state index contributed by atoms with van der Waals surface area (Å²) in [7, 11) is 0. The summed E-state index contributed by atoms with van der Waals surface area (Å²) in [5, 5.41) is 11.7. The lowest BCUT2D eigenvalue weighted by atomic mass is 10.1. The fourth-order valence-corrected chi connectivity index (χ4v) is 2.94. The average molecular weight is 299 g/mol. The normalized spacial score (nSPS) is 12.8. The van der Waals surface area contributed by atoms with Gasteiger partial charge >= 0.3 is 0 Å². The van der Waals surface area contributed by atoms with Crippen LogP contribution in [0.4, 0.5) is 0 Å². The van der Waals surface area contributed by atoms with E-state index in [-0.39, 0.29) is 6.04 Å². The van der Waals surface area contributed by atoms with Crippen molar-refractivity contribution in [2.75, 3.05) is 6.54 Å². The van der Waals surface area contributed by atoms with Crippen LogP contribution < -0.4 is 5.32 Å². The summed E-state index contributed by atoms with van der Waals surface area (Å²) in [5.74, 6) is 0. The number of aryl methyl sites for hydroxylation is 2. The van der Waals surface area contributed by atoms with Gasteiger partial charge in [0.05, 0.1) is 33.7 Å². The number of hydrogen-bond donors (Lipinski definition) is 1. The van der Waals surface area contributed by atoms with E-state index in [0.29, 0.717) is 5.02 Å². The molecular weight excluding hydrogens is 280 g/mol. The number of halogens is 1. The van der Waals surface area contributed by atoms with Gasteiger partial charge < -0.3 is 5.32 Å². The molecule has 1 atom stereocenters. The van der Waals surface area contributed by atoms with Crippen LogP contribution in [0, 0.1) is 6.92 Å². The highest BCUT2D eigenvalue weighted by Crippen LogP contribution is 2.29. The summed E-state index contributed by atoms with van der Waals surface area (Å²) in [4.78, 5) is 4.59. The summed E-state index contributed by atoms with van der Waals surface area (Å²) < 4.78 is 1.93. The monoisotopic (exact) mass is 298 g/mol. The molecule has 104 valence electrons. The highest BCUT2D eigenvalue weighted by Gasteiger charge is 2.23. The summed E-state index contributed by atoms with van der Waals surface area (Å²) in [6.45, 7) is 7.96. The Balaban J connectivity index is 2.39. The Morgan fingerprint density at radius 2 is 2.26 bits per heavy atom. The van der Waals surface area contributed by atoms with Gasteiger partial charge in [0.15, 0.2) is 0 Å². The van der Waals surface area contributed by atoms with Crippen molar-refractivity contribution in [2.24, 2.45) is 0 Å². The van der Waals surface area contributed by atoms with Crippen molar-refractivity contribution >= 4 is 22.9 Å². The van der Waals surface area contributed by atoms with Crippen molar-refractivity contribution in [3.05, 3.63) is 33.0 Å². The summed E-state index contributed by atoms with van der Waals surface area (Å²) >= 11 is 7.97. The zero-order valence-corrected chi connectivity index (χ0v) is 13.1. The van der Waals surface area contributed by atoms with E-state index in [0.717, 1.165) is 35.9 Å². The minimum absolute atomic E-state index is 0.0137. The molecule has 0 saturated carbocycles. The molecule has 0 fully saturated rings. The maximum atomic E-state index is 6.31. The molecule has 0 spiro atoms. The summed E-state index contributed by atoms with van der Waals surface area (Å²) in [5.41, 5.74) is 2.02. The fraction of sp³-hybridized carbons (Fsp3) is 0.538. The zero-order valence-electron chi connectivity index (χ0n) is 11.5. The molecule has 19 heavy (non-hydrogen) atoms. The van der Waals surface area contributed by atoms with E-state index < -0.39 is 0 Å². The second-order valence-electron chi connectivity index (χ2n) is 4.37. The quantitative estimate of drug-likeness (QED) is 0.888. The SMILES string of the molecule is CCCNC(c1csc(C)n1)c1c(Cl)cnn1CC. The van der Waals surface area contributed by atoms with Gasteiger partial charge in [-0.15, -0.1) is 11.3 Å². The van der Waals surface area contributed by atoms with Gasteiger partial charge in [-0.3, -0.25) is 4.68 Å². The molecule has 2 aromatic rings. The number of hydrogen-bond acceptors (Lipinski definition) is 4. The van der Waals surface area contributed by atoms with Gasteiger partial charge in [-0.25, -0.2) is 4.98 Å². The van der Waals surface area contributed by atoms with E-state index >= 15 is 0 Å². The Morgan fingerprint density at radius 1 is 1.47 bits per heavy atom. The van der Waals surface area contributed by atoms with Crippen molar-refractivity contribution in [3.8, 4) is 0 Å². The van der Waals surface area contributed by atoms with Crippen molar-refractivity contribution in [1.29, 1.82) is 0 Å². The molecule has 0 saturated heterocycles. The Morgan fingerprint density at radius 3 is 2.84 bits per heavy atom. The molecule has 6 heteroatoms. The van der Waals surface area contributed by atoms with Gasteiger partial charge in [-0.2, -0.15) is 5.10 Å². The highest BCUT2D eigenvalue weighted by molar-refractivity contribution is 7.09. The first kappa shape index (κ1) is 14.5. The Labute approximate surface area is 122 Å². The second kappa shape index (κ2) is 6.50. The molecule has 1 unspecified atom stereocenters. The van der Waals surface area contributed by atoms with E-state index in [2.05, 4.69) is 34.6 Å². The first-order valence-corrected chi connectivity index (χ1v) is 7.79. The molecule has 0 aliphatic carbocycles. The third-order valence-corrected chi connectivity index (χ3v) is 4.02. The maximum absolute atomic E-state index is 6.31. The third-order valence-electron chi connectivity index (χ3n) is 2.94. The molecule has 0 bridgehead atoms. The zero-order chi connectivity index (χ0) is 13.8. The van der Waals surface area contributed by atoms with Gasteiger partial charge in [0, 0.05) is 11.9 Å². The number of aromatic nitrogens is 3. The predicted molar refractivity (Wildman–Crippen MR) is 79.9 cm³/mol. The first-order valence-electron chi connectivity index (χ1n) is 6.54. The van der Waals surface area contributed by atoms with Crippen molar-refractivity contribution in [1.82, 2.24) is 20.1 Å². The van der Waals surface area contributed by atoms with Gasteiger partial charge in [0.1, 0.15) is 0 Å². The molecule has 2 heterocycles. The molecule has 0 radical (unpaired) electrons. The molecule has 2 rings (SSSR count). The van der Waals surface area contributed by atoms with Crippen LogP contribution in [0.25, 0.3) is 0 Å². The molecule has 0 aliphatic rings. The molecule has 4 nitrogen and oxygen atoms in total. The molecule has 0 aromatic carbocycles. The van der Waals surface area contributed by atoms with Crippen LogP contribution >= 0.6 is 22.9 Å². The molecule has 0 amide bonds. The lowest BCUT2D eigenvalue weighted by Crippen LogP contribution is -2.26. The van der Waals surface area contributed by atoms with Crippen molar-refractivity contribution in [2.45, 2.75) is 39.8 Å². The standard InChI is InChI=1S/C13H19ClN4S/c1-4-6-15-12(11-8-19-9(3)17-11)13-10(14)7-16-18(13)5-2/h7-8,12,15H,4-6H2,1-3H3. The smallest absolute Gasteiger partial charge is 0.0945 e. The number of rotatable bonds is 6. The Hall–Kier alpha value is -0.910. The van der Waals surface area contributed by atoms with Crippen LogP contribution in [0.5, 0.6) is 0 Å².